The second-order valence-electron chi connectivity index (χ2n) is 9.47. The van der Waals surface area contributed by atoms with Crippen LogP contribution in [-0.4, -0.2) is 18.0 Å². The lowest BCUT2D eigenvalue weighted by molar-refractivity contribution is -0.129. The molecule has 3 heteroatoms. The molecule has 0 saturated heterocycles. The SMILES string of the molecule is CC(C)OC1=C(OC(C)C)[C@@]2(C)C3=CC(C)(C)C[C@@H]3C[C@@]2(C)C1=O. The molecule has 0 aromatic heterocycles. The number of ketones is 1. The fourth-order valence-corrected chi connectivity index (χ4v) is 5.12. The molecule has 0 spiro atoms. The summed E-state index contributed by atoms with van der Waals surface area (Å²) in [7, 11) is 0. The molecule has 134 valence electrons. The molecule has 24 heavy (non-hydrogen) atoms. The first kappa shape index (κ1) is 17.6. The van der Waals surface area contributed by atoms with Crippen LogP contribution in [0.3, 0.4) is 0 Å². The van der Waals surface area contributed by atoms with Crippen LogP contribution in [0, 0.1) is 22.2 Å². The third-order valence-electron chi connectivity index (χ3n) is 6.17. The number of carbonyl (C=O) groups excluding carboxylic acids is 1. The van der Waals surface area contributed by atoms with Crippen molar-refractivity contribution >= 4 is 5.78 Å². The van der Waals surface area contributed by atoms with Crippen LogP contribution in [0.15, 0.2) is 23.2 Å². The number of ether oxygens (including phenoxy) is 2. The molecule has 0 heterocycles. The van der Waals surface area contributed by atoms with Gasteiger partial charge in [0, 0.05) is 0 Å². The van der Waals surface area contributed by atoms with E-state index in [1.54, 1.807) is 0 Å². The molecule has 3 aliphatic carbocycles. The molecule has 0 bridgehead atoms. The predicted octanol–water partition coefficient (Wildman–Crippen LogP) is 5.02. The monoisotopic (exact) mass is 332 g/mol. The maximum Gasteiger partial charge on any atom is 0.208 e. The van der Waals surface area contributed by atoms with Gasteiger partial charge in [0.25, 0.3) is 0 Å². The molecule has 0 unspecified atom stereocenters. The molecule has 0 aromatic carbocycles. The van der Waals surface area contributed by atoms with Gasteiger partial charge in [-0.25, -0.2) is 0 Å². The smallest absolute Gasteiger partial charge is 0.208 e. The van der Waals surface area contributed by atoms with Gasteiger partial charge in [0.15, 0.2) is 5.76 Å². The number of carbonyl (C=O) groups is 1. The predicted molar refractivity (Wildman–Crippen MR) is 95.3 cm³/mol. The zero-order valence-electron chi connectivity index (χ0n) is 16.4. The number of allylic oxidation sites excluding steroid dienone is 3. The zero-order valence-corrected chi connectivity index (χ0v) is 16.4. The minimum absolute atomic E-state index is 0.0202. The van der Waals surface area contributed by atoms with E-state index in [-0.39, 0.29) is 28.8 Å². The molecule has 1 saturated carbocycles. The third-order valence-corrected chi connectivity index (χ3v) is 6.17. The highest BCUT2D eigenvalue weighted by molar-refractivity contribution is 6.04. The highest BCUT2D eigenvalue weighted by Gasteiger charge is 2.70. The van der Waals surface area contributed by atoms with Crippen LogP contribution in [0.5, 0.6) is 0 Å². The van der Waals surface area contributed by atoms with Crippen molar-refractivity contribution in [2.45, 2.75) is 80.4 Å². The van der Waals surface area contributed by atoms with Crippen molar-refractivity contribution in [3.8, 4) is 0 Å². The molecule has 1 fully saturated rings. The van der Waals surface area contributed by atoms with E-state index in [2.05, 4.69) is 33.8 Å². The topological polar surface area (TPSA) is 35.5 Å². The first-order valence-corrected chi connectivity index (χ1v) is 9.28. The van der Waals surface area contributed by atoms with Gasteiger partial charge in [0.1, 0.15) is 0 Å². The largest absolute Gasteiger partial charge is 0.490 e. The van der Waals surface area contributed by atoms with E-state index in [9.17, 15) is 4.79 Å². The molecule has 3 rings (SSSR count). The molecule has 0 N–H and O–H groups in total. The average Bonchev–Trinajstić information content (AvgIpc) is 2.88. The van der Waals surface area contributed by atoms with Gasteiger partial charge >= 0.3 is 0 Å². The van der Waals surface area contributed by atoms with Crippen molar-refractivity contribution in [2.24, 2.45) is 22.2 Å². The van der Waals surface area contributed by atoms with Gasteiger partial charge in [-0.1, -0.05) is 32.4 Å². The Hall–Kier alpha value is -1.25. The molecule has 3 nitrogen and oxygen atoms in total. The number of hydrogen-bond donors (Lipinski definition) is 0. The van der Waals surface area contributed by atoms with Crippen LogP contribution in [0.25, 0.3) is 0 Å². The van der Waals surface area contributed by atoms with Crippen LogP contribution >= 0.6 is 0 Å². The van der Waals surface area contributed by atoms with Crippen molar-refractivity contribution in [2.75, 3.05) is 0 Å². The first-order valence-electron chi connectivity index (χ1n) is 9.28. The van der Waals surface area contributed by atoms with E-state index in [1.165, 1.54) is 5.57 Å². The molecular formula is C21H32O3. The van der Waals surface area contributed by atoms with Crippen molar-refractivity contribution in [1.82, 2.24) is 0 Å². The standard InChI is InChI=1S/C21H32O3/c1-12(2)23-16-17(22)20(7)10-14-9-19(5,6)11-15(14)21(20,8)18(16)24-13(3)4/h11-14H,9-10H2,1-8H3/t14-,20+,21-/m1/s1. The molecule has 0 radical (unpaired) electrons. The molecule has 3 atom stereocenters. The summed E-state index contributed by atoms with van der Waals surface area (Å²) in [6, 6.07) is 0. The van der Waals surface area contributed by atoms with Crippen LogP contribution in [-0.2, 0) is 14.3 Å². The van der Waals surface area contributed by atoms with Crippen molar-refractivity contribution in [1.29, 1.82) is 0 Å². The summed E-state index contributed by atoms with van der Waals surface area (Å²) in [5.74, 6) is 1.84. The molecule has 0 aromatic rings. The minimum Gasteiger partial charge on any atom is -0.490 e. The van der Waals surface area contributed by atoms with Gasteiger partial charge in [0.2, 0.25) is 11.5 Å². The van der Waals surface area contributed by atoms with E-state index in [1.807, 2.05) is 27.7 Å². The Morgan fingerprint density at radius 1 is 1.00 bits per heavy atom. The van der Waals surface area contributed by atoms with E-state index in [4.69, 9.17) is 9.47 Å². The van der Waals surface area contributed by atoms with E-state index >= 15 is 0 Å². The van der Waals surface area contributed by atoms with Crippen LogP contribution in [0.2, 0.25) is 0 Å². The van der Waals surface area contributed by atoms with Crippen molar-refractivity contribution in [3.05, 3.63) is 23.2 Å². The summed E-state index contributed by atoms with van der Waals surface area (Å²) in [4.78, 5) is 13.3. The van der Waals surface area contributed by atoms with Crippen LogP contribution in [0.4, 0.5) is 0 Å². The van der Waals surface area contributed by atoms with Crippen LogP contribution in [0.1, 0.15) is 68.2 Å². The van der Waals surface area contributed by atoms with Gasteiger partial charge in [0.05, 0.1) is 23.0 Å². The van der Waals surface area contributed by atoms with Crippen LogP contribution < -0.4 is 0 Å². The number of rotatable bonds is 4. The highest BCUT2D eigenvalue weighted by atomic mass is 16.5. The van der Waals surface area contributed by atoms with Crippen molar-refractivity contribution in [3.63, 3.8) is 0 Å². The lowest BCUT2D eigenvalue weighted by Crippen LogP contribution is -2.37. The normalized spacial score (nSPS) is 37.2. The Balaban J connectivity index is 2.18. The zero-order chi connectivity index (χ0) is 18.1. The number of Topliss-reactive ketones (excluding diaryl/α,β-unsaturated/α-hetero) is 1. The Morgan fingerprint density at radius 3 is 2.12 bits per heavy atom. The summed E-state index contributed by atoms with van der Waals surface area (Å²) in [6.07, 6.45) is 4.40. The summed E-state index contributed by atoms with van der Waals surface area (Å²) in [5.41, 5.74) is 0.755. The van der Waals surface area contributed by atoms with Gasteiger partial charge in [-0.05, 0) is 58.8 Å². The molecule has 3 aliphatic rings. The third kappa shape index (κ3) is 2.19. The minimum atomic E-state index is -0.450. The second-order valence-corrected chi connectivity index (χ2v) is 9.47. The average molecular weight is 332 g/mol. The molecule has 0 amide bonds. The fraction of sp³-hybridized carbons (Fsp3) is 0.762. The fourth-order valence-electron chi connectivity index (χ4n) is 5.12. The summed E-state index contributed by atoms with van der Waals surface area (Å²) in [5, 5.41) is 0. The Bertz CT molecular complexity index is 637. The van der Waals surface area contributed by atoms with E-state index < -0.39 is 5.41 Å². The molecular weight excluding hydrogens is 300 g/mol. The Labute approximate surface area is 146 Å². The summed E-state index contributed by atoms with van der Waals surface area (Å²) >= 11 is 0. The number of hydrogen-bond acceptors (Lipinski definition) is 3. The van der Waals surface area contributed by atoms with Gasteiger partial charge in [-0.3, -0.25) is 4.79 Å². The Kier molecular flexibility index (Phi) is 3.75. The second kappa shape index (κ2) is 5.12. The molecule has 0 aliphatic heterocycles. The van der Waals surface area contributed by atoms with E-state index in [0.29, 0.717) is 11.7 Å². The summed E-state index contributed by atoms with van der Waals surface area (Å²) in [6.45, 7) is 16.8. The maximum atomic E-state index is 13.3. The van der Waals surface area contributed by atoms with Gasteiger partial charge in [-0.2, -0.15) is 0 Å². The summed E-state index contributed by atoms with van der Waals surface area (Å²) < 4.78 is 12.2. The maximum absolute atomic E-state index is 13.3. The lowest BCUT2D eigenvalue weighted by atomic mass is 9.67. The lowest BCUT2D eigenvalue weighted by Gasteiger charge is -2.36. The van der Waals surface area contributed by atoms with Gasteiger partial charge < -0.3 is 9.47 Å². The quantitative estimate of drug-likeness (QED) is 0.678. The number of fused-ring (bicyclic) bond motifs is 3. The highest BCUT2D eigenvalue weighted by Crippen LogP contribution is 2.71. The Morgan fingerprint density at radius 2 is 1.58 bits per heavy atom. The van der Waals surface area contributed by atoms with E-state index in [0.717, 1.165) is 18.6 Å². The van der Waals surface area contributed by atoms with Crippen molar-refractivity contribution < 1.29 is 14.3 Å². The van der Waals surface area contributed by atoms with Gasteiger partial charge in [-0.15, -0.1) is 0 Å². The first-order chi connectivity index (χ1) is 10.9.